The lowest BCUT2D eigenvalue weighted by molar-refractivity contribution is 1.07. The molecule has 5 nitrogen and oxygen atoms in total. The summed E-state index contributed by atoms with van der Waals surface area (Å²) in [5.41, 5.74) is 1.90. The number of aryl methyl sites for hydroxylation is 2. The fourth-order valence-corrected chi connectivity index (χ4v) is 2.39. The Bertz CT molecular complexity index is 391. The van der Waals surface area contributed by atoms with E-state index >= 15 is 0 Å². The van der Waals surface area contributed by atoms with E-state index in [1.165, 1.54) is 23.1 Å². The van der Waals surface area contributed by atoms with Crippen LogP contribution in [0.15, 0.2) is 0 Å². The summed E-state index contributed by atoms with van der Waals surface area (Å²) in [7, 11) is 0. The van der Waals surface area contributed by atoms with Gasteiger partial charge >= 0.3 is 0 Å². The molecular weight excluding hydrogens is 301 g/mol. The van der Waals surface area contributed by atoms with E-state index < -0.39 is 0 Å². The third-order valence-electron chi connectivity index (χ3n) is 1.73. The second-order valence-corrected chi connectivity index (χ2v) is 5.04. The molecule has 0 aromatic carbocycles. The molecule has 2 heterocycles. The molecule has 0 saturated carbocycles. The van der Waals surface area contributed by atoms with Gasteiger partial charge in [0.15, 0.2) is 0 Å². The van der Waals surface area contributed by atoms with Gasteiger partial charge in [0, 0.05) is 0 Å². The van der Waals surface area contributed by atoms with E-state index in [1.807, 2.05) is 13.8 Å². The van der Waals surface area contributed by atoms with Crippen molar-refractivity contribution in [2.75, 3.05) is 0 Å². The zero-order valence-electron chi connectivity index (χ0n) is 9.48. The third-order valence-corrected chi connectivity index (χ3v) is 4.23. The van der Waals surface area contributed by atoms with Gasteiger partial charge in [0.2, 0.25) is 0 Å². The molecule has 0 spiro atoms. The van der Waals surface area contributed by atoms with E-state index in [1.54, 1.807) is 0 Å². The number of nitrogens with zero attached hydrogens (tertiary/aromatic N) is 4. The maximum atomic E-state index is 5.50. The standard InChI is InChI=1S/2C4H5ClN2S.H3N/c2*1-3-4(2-5)8-7-6-3;/h2*2H2,1H3;1H3. The average molecular weight is 314 g/mol. The summed E-state index contributed by atoms with van der Waals surface area (Å²) in [6, 6.07) is 0. The third kappa shape index (κ3) is 5.22. The first-order valence-corrected chi connectivity index (χ1v) is 6.98. The maximum absolute atomic E-state index is 5.50. The summed E-state index contributed by atoms with van der Waals surface area (Å²) < 4.78 is 7.40. The van der Waals surface area contributed by atoms with Crippen LogP contribution in [-0.2, 0) is 11.8 Å². The van der Waals surface area contributed by atoms with Gasteiger partial charge in [0.1, 0.15) is 0 Å². The molecule has 0 amide bonds. The minimum atomic E-state index is 0. The molecular formula is C8H13Cl2N5S2. The fraction of sp³-hybridized carbons (Fsp3) is 0.500. The van der Waals surface area contributed by atoms with Crippen molar-refractivity contribution in [3.8, 4) is 0 Å². The topological polar surface area (TPSA) is 86.6 Å². The number of alkyl halides is 2. The van der Waals surface area contributed by atoms with Crippen LogP contribution in [0.3, 0.4) is 0 Å². The van der Waals surface area contributed by atoms with Crippen LogP contribution < -0.4 is 6.15 Å². The number of halogens is 2. The minimum absolute atomic E-state index is 0. The predicted octanol–water partition coefficient (Wildman–Crippen LogP) is 3.33. The Morgan fingerprint density at radius 1 is 0.882 bits per heavy atom. The lowest BCUT2D eigenvalue weighted by atomic mass is 10.4. The quantitative estimate of drug-likeness (QED) is 0.859. The van der Waals surface area contributed by atoms with Gasteiger partial charge in [0.25, 0.3) is 0 Å². The van der Waals surface area contributed by atoms with Gasteiger partial charge in [-0.1, -0.05) is 8.98 Å². The summed E-state index contributed by atoms with van der Waals surface area (Å²) in [5, 5.41) is 7.54. The molecule has 0 atom stereocenters. The second-order valence-electron chi connectivity index (χ2n) is 2.83. The molecule has 2 aromatic heterocycles. The van der Waals surface area contributed by atoms with E-state index in [-0.39, 0.29) is 6.15 Å². The van der Waals surface area contributed by atoms with Gasteiger partial charge in [-0.05, 0) is 36.9 Å². The highest BCUT2D eigenvalue weighted by atomic mass is 35.5. The van der Waals surface area contributed by atoms with Gasteiger partial charge in [-0.2, -0.15) is 0 Å². The Hall–Kier alpha value is -0.340. The summed E-state index contributed by atoms with van der Waals surface area (Å²) in [4.78, 5) is 2.12. The Morgan fingerprint density at radius 2 is 1.24 bits per heavy atom. The van der Waals surface area contributed by atoms with Gasteiger partial charge in [-0.15, -0.1) is 33.4 Å². The largest absolute Gasteiger partial charge is 0.344 e. The van der Waals surface area contributed by atoms with Crippen molar-refractivity contribution in [1.82, 2.24) is 25.3 Å². The van der Waals surface area contributed by atoms with E-state index in [0.717, 1.165) is 21.1 Å². The van der Waals surface area contributed by atoms with Crippen LogP contribution in [0.1, 0.15) is 21.1 Å². The second kappa shape index (κ2) is 8.71. The van der Waals surface area contributed by atoms with Crippen LogP contribution in [0.5, 0.6) is 0 Å². The molecule has 0 aliphatic heterocycles. The molecule has 0 radical (unpaired) electrons. The number of rotatable bonds is 2. The highest BCUT2D eigenvalue weighted by molar-refractivity contribution is 7.06. The minimum Gasteiger partial charge on any atom is -0.344 e. The van der Waals surface area contributed by atoms with Gasteiger partial charge in [-0.25, -0.2) is 0 Å². The molecule has 96 valence electrons. The monoisotopic (exact) mass is 313 g/mol. The summed E-state index contributed by atoms with van der Waals surface area (Å²) in [6.07, 6.45) is 0. The molecule has 0 unspecified atom stereocenters. The van der Waals surface area contributed by atoms with Crippen LogP contribution in [0.4, 0.5) is 0 Å². The van der Waals surface area contributed by atoms with E-state index in [0.29, 0.717) is 11.8 Å². The van der Waals surface area contributed by atoms with Gasteiger partial charge < -0.3 is 6.15 Å². The van der Waals surface area contributed by atoms with Crippen LogP contribution in [0.25, 0.3) is 0 Å². The Morgan fingerprint density at radius 3 is 1.35 bits per heavy atom. The van der Waals surface area contributed by atoms with Gasteiger partial charge in [0.05, 0.1) is 32.9 Å². The maximum Gasteiger partial charge on any atom is 0.0768 e. The highest BCUT2D eigenvalue weighted by Crippen LogP contribution is 2.11. The zero-order valence-corrected chi connectivity index (χ0v) is 12.6. The van der Waals surface area contributed by atoms with Crippen LogP contribution in [0.2, 0.25) is 0 Å². The van der Waals surface area contributed by atoms with Crippen molar-refractivity contribution in [2.45, 2.75) is 25.6 Å². The summed E-state index contributed by atoms with van der Waals surface area (Å²) in [6.45, 7) is 3.81. The number of hydrogen-bond donors (Lipinski definition) is 1. The predicted molar refractivity (Wildman–Crippen MR) is 73.4 cm³/mol. The smallest absolute Gasteiger partial charge is 0.0768 e. The summed E-state index contributed by atoms with van der Waals surface area (Å²) in [5.74, 6) is 1.06. The normalized spacial score (nSPS) is 9.18. The van der Waals surface area contributed by atoms with Crippen LogP contribution in [-0.4, -0.2) is 19.2 Å². The molecule has 9 heteroatoms. The summed E-state index contributed by atoms with van der Waals surface area (Å²) >= 11 is 13.7. The highest BCUT2D eigenvalue weighted by Gasteiger charge is 1.98. The van der Waals surface area contributed by atoms with Crippen LogP contribution in [0, 0.1) is 13.8 Å². The molecule has 0 fully saturated rings. The van der Waals surface area contributed by atoms with Crippen molar-refractivity contribution >= 4 is 46.3 Å². The Balaban J connectivity index is 0.000000284. The molecule has 0 saturated heterocycles. The van der Waals surface area contributed by atoms with Gasteiger partial charge in [-0.3, -0.25) is 0 Å². The Kier molecular flexibility index (Phi) is 8.53. The number of hydrogen-bond acceptors (Lipinski definition) is 7. The molecule has 2 aromatic rings. The van der Waals surface area contributed by atoms with Crippen molar-refractivity contribution in [2.24, 2.45) is 0 Å². The van der Waals surface area contributed by atoms with Crippen molar-refractivity contribution in [3.63, 3.8) is 0 Å². The average Bonchev–Trinajstić information content (AvgIpc) is 2.87. The van der Waals surface area contributed by atoms with E-state index in [2.05, 4.69) is 19.2 Å². The van der Waals surface area contributed by atoms with E-state index in [4.69, 9.17) is 23.2 Å². The fourth-order valence-electron chi connectivity index (χ4n) is 0.748. The molecule has 0 aliphatic rings. The zero-order chi connectivity index (χ0) is 12.0. The molecule has 17 heavy (non-hydrogen) atoms. The van der Waals surface area contributed by atoms with Crippen LogP contribution >= 0.6 is 46.3 Å². The van der Waals surface area contributed by atoms with Crippen molar-refractivity contribution < 1.29 is 0 Å². The number of aromatic nitrogens is 4. The first-order valence-electron chi connectivity index (χ1n) is 4.36. The molecule has 0 aliphatic carbocycles. The molecule has 3 N–H and O–H groups in total. The lowest BCUT2D eigenvalue weighted by Gasteiger charge is -1.81. The van der Waals surface area contributed by atoms with Crippen molar-refractivity contribution in [1.29, 1.82) is 0 Å². The SMILES string of the molecule is Cc1nnsc1CCl.Cc1nnsc1CCl.N. The Labute approximate surface area is 118 Å². The molecule has 2 rings (SSSR count). The molecule has 0 bridgehead atoms. The van der Waals surface area contributed by atoms with Crippen molar-refractivity contribution in [3.05, 3.63) is 21.1 Å². The first kappa shape index (κ1) is 16.7. The first-order chi connectivity index (χ1) is 7.69. The lowest BCUT2D eigenvalue weighted by Crippen LogP contribution is -1.75. The van der Waals surface area contributed by atoms with E-state index in [9.17, 15) is 0 Å².